The lowest BCUT2D eigenvalue weighted by Gasteiger charge is -2.13. The first-order chi connectivity index (χ1) is 15.5. The van der Waals surface area contributed by atoms with Crippen LogP contribution in [-0.4, -0.2) is 30.9 Å². The molecule has 0 aliphatic carbocycles. The predicted octanol–water partition coefficient (Wildman–Crippen LogP) is 5.34. The Kier molecular flexibility index (Phi) is 6.28. The van der Waals surface area contributed by atoms with Gasteiger partial charge in [0.15, 0.2) is 11.5 Å². The van der Waals surface area contributed by atoms with Crippen LogP contribution in [0.1, 0.15) is 11.4 Å². The maximum absolute atomic E-state index is 13.4. The molecule has 4 aromatic rings. The summed E-state index contributed by atoms with van der Waals surface area (Å²) in [6.45, 7) is 0. The second-order valence-corrected chi connectivity index (χ2v) is 7.80. The summed E-state index contributed by atoms with van der Waals surface area (Å²) in [5.74, 6) is 2.24. The van der Waals surface area contributed by atoms with E-state index in [1.54, 1.807) is 44.1 Å². The summed E-state index contributed by atoms with van der Waals surface area (Å²) in [5, 5.41) is 0.552. The molecule has 7 heteroatoms. The first-order valence-corrected chi connectivity index (χ1v) is 10.6. The van der Waals surface area contributed by atoms with Crippen LogP contribution >= 0.6 is 15.9 Å². The van der Waals surface area contributed by atoms with Crippen molar-refractivity contribution in [1.82, 2.24) is 9.55 Å². The third kappa shape index (κ3) is 4.11. The van der Waals surface area contributed by atoms with Crippen molar-refractivity contribution in [1.29, 1.82) is 0 Å². The lowest BCUT2D eigenvalue weighted by Crippen LogP contribution is -2.22. The third-order valence-electron chi connectivity index (χ3n) is 5.03. The topological polar surface area (TPSA) is 62.6 Å². The molecule has 0 N–H and O–H groups in total. The molecule has 0 saturated carbocycles. The summed E-state index contributed by atoms with van der Waals surface area (Å²) >= 11 is 3.44. The van der Waals surface area contributed by atoms with Crippen LogP contribution in [-0.2, 0) is 0 Å². The first-order valence-electron chi connectivity index (χ1n) is 9.81. The molecule has 0 radical (unpaired) electrons. The van der Waals surface area contributed by atoms with E-state index in [9.17, 15) is 4.79 Å². The molecule has 0 saturated heterocycles. The van der Waals surface area contributed by atoms with Crippen molar-refractivity contribution in [3.05, 3.63) is 86.9 Å². The Hall–Kier alpha value is -3.58. The van der Waals surface area contributed by atoms with E-state index in [2.05, 4.69) is 15.9 Å². The van der Waals surface area contributed by atoms with Crippen molar-refractivity contribution in [2.24, 2.45) is 0 Å². The van der Waals surface area contributed by atoms with Gasteiger partial charge in [0.1, 0.15) is 11.6 Å². The average Bonchev–Trinajstić information content (AvgIpc) is 2.83. The van der Waals surface area contributed by atoms with Crippen molar-refractivity contribution in [3.63, 3.8) is 0 Å². The van der Waals surface area contributed by atoms with Gasteiger partial charge in [0, 0.05) is 16.1 Å². The Labute approximate surface area is 193 Å². The number of nitrogens with zero attached hydrogens (tertiary/aromatic N) is 2. The smallest absolute Gasteiger partial charge is 0.266 e. The second-order valence-electron chi connectivity index (χ2n) is 6.89. The number of methoxy groups -OCH3 is 3. The van der Waals surface area contributed by atoms with Crippen LogP contribution < -0.4 is 19.8 Å². The predicted molar refractivity (Wildman–Crippen MR) is 130 cm³/mol. The Balaban J connectivity index is 1.91. The molecular weight excluding hydrogens is 472 g/mol. The van der Waals surface area contributed by atoms with E-state index in [0.29, 0.717) is 34.0 Å². The fraction of sp³-hybridized carbons (Fsp3) is 0.120. The second kappa shape index (κ2) is 9.28. The zero-order chi connectivity index (χ0) is 22.7. The number of para-hydroxylation sites is 1. The first kappa shape index (κ1) is 21.6. The van der Waals surface area contributed by atoms with Crippen LogP contribution in [0.3, 0.4) is 0 Å². The lowest BCUT2D eigenvalue weighted by molar-refractivity contribution is 0.348. The summed E-state index contributed by atoms with van der Waals surface area (Å²) in [6.07, 6.45) is 3.63. The van der Waals surface area contributed by atoms with Gasteiger partial charge in [-0.3, -0.25) is 9.36 Å². The molecule has 0 aliphatic heterocycles. The van der Waals surface area contributed by atoms with Gasteiger partial charge in [0.2, 0.25) is 0 Å². The molecule has 0 spiro atoms. The Morgan fingerprint density at radius 3 is 2.19 bits per heavy atom. The molecule has 0 unspecified atom stereocenters. The SMILES string of the molecule is COc1cc(OC)c(OC)cc1C=Cc1nc2ccccc2c(=O)n1-c1ccc(Br)cc1. The third-order valence-corrected chi connectivity index (χ3v) is 5.56. The average molecular weight is 493 g/mol. The molecule has 0 fully saturated rings. The van der Waals surface area contributed by atoms with Crippen molar-refractivity contribution < 1.29 is 14.2 Å². The molecule has 0 atom stereocenters. The monoisotopic (exact) mass is 492 g/mol. The van der Waals surface area contributed by atoms with Crippen LogP contribution in [0.25, 0.3) is 28.7 Å². The van der Waals surface area contributed by atoms with Crippen LogP contribution in [0.4, 0.5) is 0 Å². The minimum atomic E-state index is -0.142. The van der Waals surface area contributed by atoms with Crippen LogP contribution in [0.5, 0.6) is 17.2 Å². The van der Waals surface area contributed by atoms with Gasteiger partial charge >= 0.3 is 0 Å². The molecule has 3 aromatic carbocycles. The number of fused-ring (bicyclic) bond motifs is 1. The van der Waals surface area contributed by atoms with Crippen molar-refractivity contribution in [3.8, 4) is 22.9 Å². The molecule has 162 valence electrons. The highest BCUT2D eigenvalue weighted by molar-refractivity contribution is 9.10. The van der Waals surface area contributed by atoms with Crippen molar-refractivity contribution >= 4 is 39.0 Å². The standard InChI is InChI=1S/C25H21BrN2O4/c1-30-21-15-23(32-3)22(31-2)14-16(21)8-13-24-27-20-7-5-4-6-19(20)25(29)28(24)18-11-9-17(26)10-12-18/h4-15H,1-3H3. The van der Waals surface area contributed by atoms with E-state index in [4.69, 9.17) is 19.2 Å². The maximum Gasteiger partial charge on any atom is 0.266 e. The van der Waals surface area contributed by atoms with Crippen LogP contribution in [0, 0.1) is 0 Å². The minimum absolute atomic E-state index is 0.142. The minimum Gasteiger partial charge on any atom is -0.496 e. The summed E-state index contributed by atoms with van der Waals surface area (Å²) in [5.41, 5.74) is 1.96. The number of hydrogen-bond acceptors (Lipinski definition) is 5. The molecule has 4 rings (SSSR count). The van der Waals surface area contributed by atoms with Gasteiger partial charge in [-0.1, -0.05) is 28.1 Å². The molecular formula is C25H21BrN2O4. The molecule has 0 amide bonds. The van der Waals surface area contributed by atoms with Gasteiger partial charge in [-0.15, -0.1) is 0 Å². The number of rotatable bonds is 6. The van der Waals surface area contributed by atoms with E-state index < -0.39 is 0 Å². The van der Waals surface area contributed by atoms with E-state index in [1.807, 2.05) is 54.6 Å². The number of ether oxygens (including phenoxy) is 3. The number of halogens is 1. The molecule has 32 heavy (non-hydrogen) atoms. The quantitative estimate of drug-likeness (QED) is 0.363. The van der Waals surface area contributed by atoms with Gasteiger partial charge in [0.05, 0.1) is 37.9 Å². The summed E-state index contributed by atoms with van der Waals surface area (Å²) in [7, 11) is 4.74. The molecule has 0 aliphatic rings. The fourth-order valence-corrected chi connectivity index (χ4v) is 3.71. The van der Waals surface area contributed by atoms with Gasteiger partial charge in [-0.25, -0.2) is 4.98 Å². The molecule has 1 heterocycles. The van der Waals surface area contributed by atoms with Crippen molar-refractivity contribution in [2.45, 2.75) is 0 Å². The van der Waals surface area contributed by atoms with Gasteiger partial charge < -0.3 is 14.2 Å². The Morgan fingerprint density at radius 2 is 1.50 bits per heavy atom. The van der Waals surface area contributed by atoms with Crippen LogP contribution in [0.15, 0.2) is 69.9 Å². The van der Waals surface area contributed by atoms with E-state index >= 15 is 0 Å². The largest absolute Gasteiger partial charge is 0.496 e. The highest BCUT2D eigenvalue weighted by Crippen LogP contribution is 2.35. The van der Waals surface area contributed by atoms with Gasteiger partial charge in [-0.05, 0) is 54.6 Å². The van der Waals surface area contributed by atoms with Crippen LogP contribution in [0.2, 0.25) is 0 Å². The number of benzene rings is 3. The summed E-state index contributed by atoms with van der Waals surface area (Å²) in [4.78, 5) is 18.1. The van der Waals surface area contributed by atoms with E-state index in [-0.39, 0.29) is 5.56 Å². The van der Waals surface area contributed by atoms with Crippen molar-refractivity contribution in [2.75, 3.05) is 21.3 Å². The van der Waals surface area contributed by atoms with Gasteiger partial charge in [-0.2, -0.15) is 0 Å². The zero-order valence-corrected chi connectivity index (χ0v) is 19.4. The highest BCUT2D eigenvalue weighted by Gasteiger charge is 2.13. The Morgan fingerprint density at radius 1 is 0.844 bits per heavy atom. The van der Waals surface area contributed by atoms with E-state index in [0.717, 1.165) is 15.7 Å². The molecule has 0 bridgehead atoms. The summed E-state index contributed by atoms with van der Waals surface area (Å²) in [6, 6.07) is 18.4. The summed E-state index contributed by atoms with van der Waals surface area (Å²) < 4.78 is 18.8. The zero-order valence-electron chi connectivity index (χ0n) is 17.8. The molecule has 1 aromatic heterocycles. The normalized spacial score (nSPS) is 11.1. The highest BCUT2D eigenvalue weighted by atomic mass is 79.9. The van der Waals surface area contributed by atoms with E-state index in [1.165, 1.54) is 0 Å². The number of hydrogen-bond donors (Lipinski definition) is 0. The molecule has 6 nitrogen and oxygen atoms in total. The number of aromatic nitrogens is 2. The lowest BCUT2D eigenvalue weighted by atomic mass is 10.1. The maximum atomic E-state index is 13.4. The fourth-order valence-electron chi connectivity index (χ4n) is 3.45. The Bertz CT molecular complexity index is 1360. The van der Waals surface area contributed by atoms with Gasteiger partial charge in [0.25, 0.3) is 5.56 Å².